The van der Waals surface area contributed by atoms with Gasteiger partial charge >= 0.3 is 0 Å². The van der Waals surface area contributed by atoms with E-state index in [1.165, 1.54) is 0 Å². The van der Waals surface area contributed by atoms with Gasteiger partial charge in [-0.3, -0.25) is 0 Å². The van der Waals surface area contributed by atoms with Crippen LogP contribution in [0.15, 0.2) is 30.3 Å². The molecule has 2 aromatic rings. The minimum Gasteiger partial charge on any atom is -0.330 e. The van der Waals surface area contributed by atoms with E-state index in [1.54, 1.807) is 0 Å². The molecule has 0 aliphatic carbocycles. The normalized spacial score (nSPS) is 9.29. The molecule has 0 spiro atoms. The van der Waals surface area contributed by atoms with E-state index in [0.717, 1.165) is 23.6 Å². The molecule has 1 aromatic heterocycles. The molecule has 0 amide bonds. The summed E-state index contributed by atoms with van der Waals surface area (Å²) in [6, 6.07) is 10.0. The van der Waals surface area contributed by atoms with Crippen LogP contribution in [-0.2, 0) is 13.5 Å². The molecule has 0 unspecified atom stereocenters. The van der Waals surface area contributed by atoms with Gasteiger partial charge in [0.15, 0.2) is 5.82 Å². The lowest BCUT2D eigenvalue weighted by molar-refractivity contribution is 0.780. The van der Waals surface area contributed by atoms with E-state index in [9.17, 15) is 0 Å². The summed E-state index contributed by atoms with van der Waals surface area (Å²) in [6.07, 6.45) is 0.760. The summed E-state index contributed by atoms with van der Waals surface area (Å²) in [7, 11) is 1.97. The largest absolute Gasteiger partial charge is 0.330 e. The highest BCUT2D eigenvalue weighted by molar-refractivity contribution is 5.85. The molecule has 0 atom stereocenters. The van der Waals surface area contributed by atoms with Gasteiger partial charge in [-0.1, -0.05) is 30.3 Å². The molecule has 1 aromatic carbocycles. The summed E-state index contributed by atoms with van der Waals surface area (Å²) in [4.78, 5) is 0. The Hall–Kier alpha value is -1.10. The summed E-state index contributed by atoms with van der Waals surface area (Å²) >= 11 is 0. The van der Waals surface area contributed by atoms with Crippen LogP contribution >= 0.6 is 24.8 Å². The van der Waals surface area contributed by atoms with Crippen molar-refractivity contribution >= 4 is 24.8 Å². The maximum absolute atomic E-state index is 5.50. The molecule has 0 saturated carbocycles. The lowest BCUT2D eigenvalue weighted by Crippen LogP contribution is -2.08. The number of hydrogen-bond donors (Lipinski definition) is 1. The molecule has 94 valence electrons. The molecule has 4 nitrogen and oxygen atoms in total. The minimum atomic E-state index is 0. The van der Waals surface area contributed by atoms with Gasteiger partial charge in [-0.25, -0.2) is 0 Å². The highest BCUT2D eigenvalue weighted by Gasteiger charge is 2.08. The van der Waals surface area contributed by atoms with E-state index in [0.29, 0.717) is 6.54 Å². The summed E-state index contributed by atoms with van der Waals surface area (Å²) in [5.74, 6) is 1.82. The van der Waals surface area contributed by atoms with Gasteiger partial charge in [-0.2, -0.15) is 0 Å². The van der Waals surface area contributed by atoms with Crippen LogP contribution in [0.1, 0.15) is 5.82 Å². The van der Waals surface area contributed by atoms with E-state index >= 15 is 0 Å². The molecular formula is C11H16Cl2N4. The fraction of sp³-hybridized carbons (Fsp3) is 0.273. The van der Waals surface area contributed by atoms with Crippen LogP contribution in [0.5, 0.6) is 0 Å². The Balaban J connectivity index is 0.00000128. The van der Waals surface area contributed by atoms with E-state index in [4.69, 9.17) is 5.73 Å². The third kappa shape index (κ3) is 3.43. The lowest BCUT2D eigenvalue weighted by atomic mass is 10.2. The van der Waals surface area contributed by atoms with Gasteiger partial charge < -0.3 is 10.3 Å². The number of halogens is 2. The van der Waals surface area contributed by atoms with Crippen LogP contribution in [0.25, 0.3) is 11.4 Å². The van der Waals surface area contributed by atoms with Crippen molar-refractivity contribution in [3.05, 3.63) is 36.2 Å². The van der Waals surface area contributed by atoms with Crippen molar-refractivity contribution in [1.29, 1.82) is 0 Å². The first-order valence-corrected chi connectivity index (χ1v) is 4.96. The van der Waals surface area contributed by atoms with Crippen molar-refractivity contribution in [2.45, 2.75) is 6.42 Å². The summed E-state index contributed by atoms with van der Waals surface area (Å²) in [5, 5.41) is 8.28. The molecule has 6 heteroatoms. The van der Waals surface area contributed by atoms with Crippen molar-refractivity contribution in [3.8, 4) is 11.4 Å². The van der Waals surface area contributed by atoms with Gasteiger partial charge in [-0.15, -0.1) is 35.0 Å². The Morgan fingerprint density at radius 3 is 2.35 bits per heavy atom. The lowest BCUT2D eigenvalue weighted by Gasteiger charge is -2.02. The number of hydrogen-bond acceptors (Lipinski definition) is 3. The molecule has 0 aliphatic heterocycles. The zero-order chi connectivity index (χ0) is 10.7. The quantitative estimate of drug-likeness (QED) is 0.929. The van der Waals surface area contributed by atoms with Crippen molar-refractivity contribution in [2.24, 2.45) is 12.8 Å². The van der Waals surface area contributed by atoms with Gasteiger partial charge in [0, 0.05) is 19.0 Å². The first-order valence-electron chi connectivity index (χ1n) is 4.96. The van der Waals surface area contributed by atoms with Crippen molar-refractivity contribution < 1.29 is 0 Å². The highest BCUT2D eigenvalue weighted by Crippen LogP contribution is 2.16. The molecule has 2 N–H and O–H groups in total. The fourth-order valence-corrected chi connectivity index (χ4v) is 1.55. The Morgan fingerprint density at radius 2 is 1.76 bits per heavy atom. The average Bonchev–Trinajstić information content (AvgIpc) is 2.63. The standard InChI is InChI=1S/C11H14N4.2ClH/c1-15-10(7-8-12)13-14-11(15)9-5-3-2-4-6-9;;/h2-6H,7-8,12H2,1H3;2*1H. The molecule has 1 heterocycles. The second-order valence-electron chi connectivity index (χ2n) is 3.40. The summed E-state index contributed by atoms with van der Waals surface area (Å²) < 4.78 is 1.99. The second kappa shape index (κ2) is 7.27. The Morgan fingerprint density at radius 1 is 1.12 bits per heavy atom. The van der Waals surface area contributed by atoms with E-state index < -0.39 is 0 Å². The third-order valence-electron chi connectivity index (χ3n) is 2.36. The van der Waals surface area contributed by atoms with Crippen molar-refractivity contribution in [2.75, 3.05) is 6.54 Å². The molecule has 2 rings (SSSR count). The molecule has 0 fully saturated rings. The number of rotatable bonds is 3. The number of nitrogens with zero attached hydrogens (tertiary/aromatic N) is 3. The predicted molar refractivity (Wildman–Crippen MR) is 73.7 cm³/mol. The Kier molecular flexibility index (Phi) is 6.80. The molecule has 0 saturated heterocycles. The second-order valence-corrected chi connectivity index (χ2v) is 3.40. The van der Waals surface area contributed by atoms with E-state index in [-0.39, 0.29) is 24.8 Å². The topological polar surface area (TPSA) is 56.7 Å². The zero-order valence-corrected chi connectivity index (χ0v) is 11.2. The summed E-state index contributed by atoms with van der Waals surface area (Å²) in [6.45, 7) is 0.598. The van der Waals surface area contributed by atoms with Gasteiger partial charge in [0.2, 0.25) is 0 Å². The van der Waals surface area contributed by atoms with Gasteiger partial charge in [0.25, 0.3) is 0 Å². The van der Waals surface area contributed by atoms with Crippen LogP contribution in [0.2, 0.25) is 0 Å². The average molecular weight is 275 g/mol. The predicted octanol–water partition coefficient (Wildman–Crippen LogP) is 1.83. The fourth-order valence-electron chi connectivity index (χ4n) is 1.55. The molecule has 0 bridgehead atoms. The third-order valence-corrected chi connectivity index (χ3v) is 2.36. The number of aromatic nitrogens is 3. The van der Waals surface area contributed by atoms with Crippen molar-refractivity contribution in [3.63, 3.8) is 0 Å². The molecule has 0 aliphatic rings. The van der Waals surface area contributed by atoms with Crippen LogP contribution < -0.4 is 5.73 Å². The molecule has 0 radical (unpaired) electrons. The minimum absolute atomic E-state index is 0. The van der Waals surface area contributed by atoms with E-state index in [1.807, 2.05) is 41.9 Å². The first kappa shape index (κ1) is 15.9. The highest BCUT2D eigenvalue weighted by atomic mass is 35.5. The van der Waals surface area contributed by atoms with Crippen LogP contribution in [-0.4, -0.2) is 21.3 Å². The number of nitrogens with two attached hydrogens (primary N) is 1. The van der Waals surface area contributed by atoms with Crippen LogP contribution in [0.3, 0.4) is 0 Å². The Labute approximate surface area is 113 Å². The molecular weight excluding hydrogens is 259 g/mol. The first-order chi connectivity index (χ1) is 7.33. The Bertz CT molecular complexity index is 442. The van der Waals surface area contributed by atoms with Gasteiger partial charge in [0.05, 0.1) is 0 Å². The van der Waals surface area contributed by atoms with Gasteiger partial charge in [-0.05, 0) is 6.54 Å². The van der Waals surface area contributed by atoms with Crippen LogP contribution in [0, 0.1) is 0 Å². The van der Waals surface area contributed by atoms with Crippen molar-refractivity contribution in [1.82, 2.24) is 14.8 Å². The monoisotopic (exact) mass is 274 g/mol. The number of benzene rings is 1. The smallest absolute Gasteiger partial charge is 0.163 e. The maximum atomic E-state index is 5.50. The molecule has 17 heavy (non-hydrogen) atoms. The SMILES string of the molecule is Cl.Cl.Cn1c(CCN)nnc1-c1ccccc1. The summed E-state index contributed by atoms with van der Waals surface area (Å²) in [5.41, 5.74) is 6.58. The van der Waals surface area contributed by atoms with Gasteiger partial charge in [0.1, 0.15) is 5.82 Å². The van der Waals surface area contributed by atoms with E-state index in [2.05, 4.69) is 10.2 Å². The van der Waals surface area contributed by atoms with Crippen LogP contribution in [0.4, 0.5) is 0 Å². The zero-order valence-electron chi connectivity index (χ0n) is 9.54. The maximum Gasteiger partial charge on any atom is 0.163 e.